The Balaban J connectivity index is 0.00000300. The molecule has 1 aromatic carbocycles. The molecular formula is C18H20Cl3N3O3S2. The maximum Gasteiger partial charge on any atom is 0.355 e. The van der Waals surface area contributed by atoms with Crippen molar-refractivity contribution in [2.45, 2.75) is 29.8 Å². The summed E-state index contributed by atoms with van der Waals surface area (Å²) < 4.78 is 0.587. The summed E-state index contributed by atoms with van der Waals surface area (Å²) in [4.78, 5) is 29.3. The first-order chi connectivity index (χ1) is 13.4. The maximum atomic E-state index is 12.2. The Kier molecular flexibility index (Phi) is 9.52. The summed E-state index contributed by atoms with van der Waals surface area (Å²) in [5.41, 5.74) is 1.14. The number of thioether (sulfide) groups is 1. The summed E-state index contributed by atoms with van der Waals surface area (Å²) >= 11 is 14.5. The number of carbonyl (C=O) groups is 2. The van der Waals surface area contributed by atoms with Gasteiger partial charge in [-0.1, -0.05) is 41.0 Å². The van der Waals surface area contributed by atoms with Crippen LogP contribution in [-0.4, -0.2) is 51.8 Å². The van der Waals surface area contributed by atoms with Crippen LogP contribution < -0.4 is 5.32 Å². The second-order valence-corrected chi connectivity index (χ2v) is 9.35. The highest BCUT2D eigenvalue weighted by Gasteiger charge is 2.21. The molecule has 0 atom stereocenters. The monoisotopic (exact) mass is 495 g/mol. The van der Waals surface area contributed by atoms with Gasteiger partial charge in [-0.05, 0) is 30.5 Å². The molecule has 0 spiro atoms. The van der Waals surface area contributed by atoms with E-state index in [1.165, 1.54) is 28.5 Å². The lowest BCUT2D eigenvalue weighted by Crippen LogP contribution is -2.44. The van der Waals surface area contributed by atoms with Crippen molar-refractivity contribution in [2.24, 2.45) is 0 Å². The molecule has 0 bridgehead atoms. The lowest BCUT2D eigenvalue weighted by molar-refractivity contribution is -0.119. The highest BCUT2D eigenvalue weighted by atomic mass is 35.5. The predicted octanol–water partition coefficient (Wildman–Crippen LogP) is 4.44. The first kappa shape index (κ1) is 24.2. The largest absolute Gasteiger partial charge is 0.476 e. The van der Waals surface area contributed by atoms with Gasteiger partial charge in [0.2, 0.25) is 5.91 Å². The number of aromatic nitrogens is 1. The molecule has 0 unspecified atom stereocenters. The van der Waals surface area contributed by atoms with Crippen molar-refractivity contribution in [3.63, 3.8) is 0 Å². The van der Waals surface area contributed by atoms with Crippen molar-refractivity contribution < 1.29 is 14.7 Å². The van der Waals surface area contributed by atoms with Crippen molar-refractivity contribution in [1.82, 2.24) is 15.2 Å². The minimum Gasteiger partial charge on any atom is -0.476 e. The number of halogens is 3. The lowest BCUT2D eigenvalue weighted by Gasteiger charge is -2.32. The second kappa shape index (κ2) is 11.4. The minimum absolute atomic E-state index is 0. The molecule has 29 heavy (non-hydrogen) atoms. The smallest absolute Gasteiger partial charge is 0.355 e. The van der Waals surface area contributed by atoms with Crippen LogP contribution in [0.15, 0.2) is 27.9 Å². The molecule has 1 aliphatic rings. The molecule has 2 N–H and O–H groups in total. The number of hydrogen-bond donors (Lipinski definition) is 2. The van der Waals surface area contributed by atoms with Gasteiger partial charge >= 0.3 is 5.97 Å². The maximum absolute atomic E-state index is 12.2. The highest BCUT2D eigenvalue weighted by Crippen LogP contribution is 2.25. The summed E-state index contributed by atoms with van der Waals surface area (Å²) in [6.45, 7) is 2.60. The zero-order chi connectivity index (χ0) is 20.1. The molecule has 0 aliphatic carbocycles. The fourth-order valence-electron chi connectivity index (χ4n) is 2.95. The van der Waals surface area contributed by atoms with E-state index in [0.717, 1.165) is 38.0 Å². The van der Waals surface area contributed by atoms with E-state index in [9.17, 15) is 9.59 Å². The number of carbonyl (C=O) groups excluding carboxylic acids is 1. The number of benzene rings is 1. The Hall–Kier alpha value is -1.03. The van der Waals surface area contributed by atoms with Crippen LogP contribution in [0.3, 0.4) is 0 Å². The fraction of sp³-hybridized carbons (Fsp3) is 0.389. The minimum atomic E-state index is -1.06. The second-order valence-electron chi connectivity index (χ2n) is 6.46. The summed E-state index contributed by atoms with van der Waals surface area (Å²) in [6, 6.07) is 5.84. The molecule has 2 aromatic rings. The average Bonchev–Trinajstić information content (AvgIpc) is 3.14. The van der Waals surface area contributed by atoms with E-state index in [1.807, 2.05) is 18.2 Å². The average molecular weight is 497 g/mol. The molecule has 2 heterocycles. The normalized spacial score (nSPS) is 15.0. The number of carboxylic acid groups (broad SMARTS) is 1. The van der Waals surface area contributed by atoms with Crippen molar-refractivity contribution in [3.05, 3.63) is 44.9 Å². The number of piperidine rings is 1. The van der Waals surface area contributed by atoms with Gasteiger partial charge in [0.1, 0.15) is 0 Å². The number of hydrogen-bond acceptors (Lipinski definition) is 6. The molecule has 11 heteroatoms. The Morgan fingerprint density at radius 2 is 2.00 bits per heavy atom. The van der Waals surface area contributed by atoms with Crippen LogP contribution in [0.2, 0.25) is 10.0 Å². The van der Waals surface area contributed by atoms with Crippen molar-refractivity contribution >= 4 is 70.6 Å². The van der Waals surface area contributed by atoms with Gasteiger partial charge in [0.15, 0.2) is 10.0 Å². The van der Waals surface area contributed by atoms with Crippen LogP contribution >= 0.6 is 58.7 Å². The Labute approximate surface area is 193 Å². The molecule has 0 radical (unpaired) electrons. The molecule has 1 amide bonds. The van der Waals surface area contributed by atoms with E-state index in [0.29, 0.717) is 14.4 Å². The molecule has 1 aliphatic heterocycles. The van der Waals surface area contributed by atoms with Crippen LogP contribution in [0.25, 0.3) is 0 Å². The van der Waals surface area contributed by atoms with E-state index >= 15 is 0 Å². The Morgan fingerprint density at radius 3 is 2.62 bits per heavy atom. The number of nitrogens with zero attached hydrogens (tertiary/aromatic N) is 2. The van der Waals surface area contributed by atoms with Crippen molar-refractivity contribution in [2.75, 3.05) is 18.8 Å². The molecule has 1 fully saturated rings. The van der Waals surface area contributed by atoms with Crippen LogP contribution in [0.5, 0.6) is 0 Å². The SMILES string of the molecule is Cl.O=C(CSc1nc(C(=O)O)cs1)NC1CCN(Cc2ccc(Cl)c(Cl)c2)CC1. The third kappa shape index (κ3) is 7.31. The molecule has 3 rings (SSSR count). The van der Waals surface area contributed by atoms with Crippen LogP contribution in [0.1, 0.15) is 28.9 Å². The topological polar surface area (TPSA) is 82.5 Å². The predicted molar refractivity (Wildman–Crippen MR) is 120 cm³/mol. The van der Waals surface area contributed by atoms with Crippen LogP contribution in [0, 0.1) is 0 Å². The van der Waals surface area contributed by atoms with Gasteiger partial charge in [-0.3, -0.25) is 9.69 Å². The fourth-order valence-corrected chi connectivity index (χ4v) is 4.88. The first-order valence-corrected chi connectivity index (χ1v) is 11.3. The standard InChI is InChI=1S/C18H19Cl2N3O3S2.ClH/c19-13-2-1-11(7-14(13)20)8-23-5-3-12(4-6-23)21-16(24)10-28-18-22-15(9-27-18)17(25)26;/h1-2,7,9,12H,3-6,8,10H2,(H,21,24)(H,25,26);1H. The van der Waals surface area contributed by atoms with E-state index in [2.05, 4.69) is 15.2 Å². The van der Waals surface area contributed by atoms with Gasteiger partial charge in [0, 0.05) is 31.1 Å². The quantitative estimate of drug-likeness (QED) is 0.551. The van der Waals surface area contributed by atoms with Gasteiger partial charge in [0.25, 0.3) is 0 Å². The third-order valence-corrected chi connectivity index (χ3v) is 7.13. The molecule has 158 valence electrons. The van der Waals surface area contributed by atoms with Crippen LogP contribution in [-0.2, 0) is 11.3 Å². The van der Waals surface area contributed by atoms with E-state index in [1.54, 1.807) is 0 Å². The van der Waals surface area contributed by atoms with E-state index in [-0.39, 0.29) is 35.8 Å². The summed E-state index contributed by atoms with van der Waals surface area (Å²) in [5.74, 6) is -0.879. The van der Waals surface area contributed by atoms with Gasteiger partial charge in [-0.15, -0.1) is 23.7 Å². The highest BCUT2D eigenvalue weighted by molar-refractivity contribution is 8.01. The number of carboxylic acids is 1. The number of amides is 1. The first-order valence-electron chi connectivity index (χ1n) is 8.68. The number of likely N-dealkylation sites (tertiary alicyclic amines) is 1. The zero-order valence-electron chi connectivity index (χ0n) is 15.3. The molecule has 1 aromatic heterocycles. The van der Waals surface area contributed by atoms with Crippen molar-refractivity contribution in [1.29, 1.82) is 0 Å². The molecule has 0 saturated carbocycles. The summed E-state index contributed by atoms with van der Waals surface area (Å²) in [7, 11) is 0. The van der Waals surface area contributed by atoms with Gasteiger partial charge in [-0.2, -0.15) is 0 Å². The molecule has 6 nitrogen and oxygen atoms in total. The lowest BCUT2D eigenvalue weighted by atomic mass is 10.0. The zero-order valence-corrected chi connectivity index (χ0v) is 19.2. The third-order valence-electron chi connectivity index (χ3n) is 4.37. The van der Waals surface area contributed by atoms with Crippen molar-refractivity contribution in [3.8, 4) is 0 Å². The van der Waals surface area contributed by atoms with E-state index in [4.69, 9.17) is 28.3 Å². The van der Waals surface area contributed by atoms with Gasteiger partial charge in [-0.25, -0.2) is 9.78 Å². The molecule has 1 saturated heterocycles. The number of nitrogens with one attached hydrogen (secondary N) is 1. The number of thiazole rings is 1. The van der Waals surface area contributed by atoms with E-state index < -0.39 is 5.97 Å². The van der Waals surface area contributed by atoms with Gasteiger partial charge < -0.3 is 10.4 Å². The molecular weight excluding hydrogens is 477 g/mol. The Bertz CT molecular complexity index is 858. The van der Waals surface area contributed by atoms with Crippen LogP contribution in [0.4, 0.5) is 0 Å². The summed E-state index contributed by atoms with van der Waals surface area (Å²) in [6.07, 6.45) is 1.77. The summed E-state index contributed by atoms with van der Waals surface area (Å²) in [5, 5.41) is 14.5. The van der Waals surface area contributed by atoms with Gasteiger partial charge in [0.05, 0.1) is 15.8 Å². The number of aromatic carboxylic acids is 1. The Morgan fingerprint density at radius 1 is 1.28 bits per heavy atom. The number of rotatable bonds is 7.